The summed E-state index contributed by atoms with van der Waals surface area (Å²) in [4.78, 5) is 4.03. The first-order valence-corrected chi connectivity index (χ1v) is 5.74. The molecule has 0 unspecified atom stereocenters. The zero-order valence-electron chi connectivity index (χ0n) is 9.91. The minimum atomic E-state index is -0.857. The first-order chi connectivity index (χ1) is 9.26. The molecule has 0 spiro atoms. The molecule has 5 nitrogen and oxygen atoms in total. The molecule has 0 saturated heterocycles. The molecule has 2 aromatic rings. The van der Waals surface area contributed by atoms with E-state index in [1.54, 1.807) is 36.4 Å². The van der Waals surface area contributed by atoms with E-state index in [9.17, 15) is 5.02 Å². The molecule has 1 N–H and O–H groups in total. The Morgan fingerprint density at radius 1 is 1.37 bits per heavy atom. The van der Waals surface area contributed by atoms with Gasteiger partial charge in [-0.25, -0.2) is 4.98 Å². The van der Waals surface area contributed by atoms with Crippen LogP contribution in [0.4, 0.5) is 0 Å². The number of benzene rings is 1. The van der Waals surface area contributed by atoms with Crippen molar-refractivity contribution in [1.82, 2.24) is 4.98 Å². The SMILES string of the molecule is N#Cc1cccc(Oc2ccc3c(c2)COB3O)n1. The molecule has 0 radical (unpaired) electrons. The van der Waals surface area contributed by atoms with Crippen LogP contribution in [0, 0.1) is 11.3 Å². The summed E-state index contributed by atoms with van der Waals surface area (Å²) in [6, 6.07) is 12.2. The monoisotopic (exact) mass is 252 g/mol. The van der Waals surface area contributed by atoms with Gasteiger partial charge in [0.25, 0.3) is 0 Å². The first-order valence-electron chi connectivity index (χ1n) is 5.74. The Bertz CT molecular complexity index is 669. The molecule has 0 atom stereocenters. The Balaban J connectivity index is 1.86. The van der Waals surface area contributed by atoms with Gasteiger partial charge < -0.3 is 14.4 Å². The van der Waals surface area contributed by atoms with E-state index in [0.717, 1.165) is 11.0 Å². The fraction of sp³-hybridized carbons (Fsp3) is 0.0769. The van der Waals surface area contributed by atoms with Crippen LogP contribution in [0.3, 0.4) is 0 Å². The molecule has 1 aliphatic heterocycles. The summed E-state index contributed by atoms with van der Waals surface area (Å²) in [7, 11) is -0.857. The largest absolute Gasteiger partial charge is 0.491 e. The van der Waals surface area contributed by atoms with Gasteiger partial charge in [-0.3, -0.25) is 0 Å². The number of ether oxygens (including phenoxy) is 1. The predicted molar refractivity (Wildman–Crippen MR) is 67.9 cm³/mol. The highest BCUT2D eigenvalue weighted by atomic mass is 16.5. The number of nitriles is 1. The van der Waals surface area contributed by atoms with Gasteiger partial charge in [0.05, 0.1) is 6.61 Å². The Kier molecular flexibility index (Phi) is 2.92. The standard InChI is InChI=1S/C13H9BN2O3/c15-7-10-2-1-3-13(16-10)19-11-4-5-12-9(6-11)8-18-14(12)17/h1-6,17H,8H2. The number of hydrogen-bond donors (Lipinski definition) is 1. The summed E-state index contributed by atoms with van der Waals surface area (Å²) in [5, 5.41) is 18.3. The van der Waals surface area contributed by atoms with E-state index in [1.165, 1.54) is 0 Å². The summed E-state index contributed by atoms with van der Waals surface area (Å²) in [5.41, 5.74) is 1.95. The number of nitrogens with zero attached hydrogens (tertiary/aromatic N) is 2. The minimum Gasteiger partial charge on any atom is -0.439 e. The number of pyridine rings is 1. The molecule has 19 heavy (non-hydrogen) atoms. The van der Waals surface area contributed by atoms with Crippen LogP contribution in [0.25, 0.3) is 0 Å². The Labute approximate surface area is 110 Å². The lowest BCUT2D eigenvalue weighted by Gasteiger charge is -2.06. The first kappa shape index (κ1) is 11.7. The van der Waals surface area contributed by atoms with Crippen molar-refractivity contribution >= 4 is 12.6 Å². The lowest BCUT2D eigenvalue weighted by atomic mass is 9.80. The van der Waals surface area contributed by atoms with Crippen LogP contribution in [0.2, 0.25) is 0 Å². The van der Waals surface area contributed by atoms with Gasteiger partial charge in [-0.2, -0.15) is 5.26 Å². The number of fused-ring (bicyclic) bond motifs is 1. The smallest absolute Gasteiger partial charge is 0.439 e. The fourth-order valence-electron chi connectivity index (χ4n) is 1.92. The quantitative estimate of drug-likeness (QED) is 0.805. The molecule has 0 saturated carbocycles. The average Bonchev–Trinajstić information content (AvgIpc) is 2.80. The maximum absolute atomic E-state index is 9.52. The molecule has 0 amide bonds. The van der Waals surface area contributed by atoms with Crippen molar-refractivity contribution in [2.45, 2.75) is 6.61 Å². The zero-order chi connectivity index (χ0) is 13.2. The van der Waals surface area contributed by atoms with Crippen molar-refractivity contribution in [3.63, 3.8) is 0 Å². The molecule has 0 aliphatic carbocycles. The number of rotatable bonds is 2. The average molecular weight is 252 g/mol. The Morgan fingerprint density at radius 3 is 3.11 bits per heavy atom. The van der Waals surface area contributed by atoms with E-state index in [1.807, 2.05) is 6.07 Å². The minimum absolute atomic E-state index is 0.303. The lowest BCUT2D eigenvalue weighted by molar-refractivity contribution is 0.275. The molecule has 1 aliphatic rings. The summed E-state index contributed by atoms with van der Waals surface area (Å²) < 4.78 is 10.7. The third-order valence-corrected chi connectivity index (χ3v) is 2.84. The highest BCUT2D eigenvalue weighted by Crippen LogP contribution is 2.22. The summed E-state index contributed by atoms with van der Waals surface area (Å²) in [6.45, 7) is 0.360. The highest BCUT2D eigenvalue weighted by molar-refractivity contribution is 6.61. The number of aromatic nitrogens is 1. The van der Waals surface area contributed by atoms with E-state index in [4.69, 9.17) is 14.7 Å². The molecule has 92 valence electrons. The predicted octanol–water partition coefficient (Wildman–Crippen LogP) is 0.963. The third-order valence-electron chi connectivity index (χ3n) is 2.84. The van der Waals surface area contributed by atoms with E-state index >= 15 is 0 Å². The molecular formula is C13H9BN2O3. The lowest BCUT2D eigenvalue weighted by Crippen LogP contribution is -2.27. The fourth-order valence-corrected chi connectivity index (χ4v) is 1.92. The van der Waals surface area contributed by atoms with Crippen LogP contribution in [-0.4, -0.2) is 17.1 Å². The maximum atomic E-state index is 9.52. The van der Waals surface area contributed by atoms with Crippen LogP contribution >= 0.6 is 0 Å². The van der Waals surface area contributed by atoms with Crippen molar-refractivity contribution in [2.24, 2.45) is 0 Å². The molecule has 2 heterocycles. The van der Waals surface area contributed by atoms with Gasteiger partial charge in [0.2, 0.25) is 5.88 Å². The zero-order valence-corrected chi connectivity index (χ0v) is 9.91. The summed E-state index contributed by atoms with van der Waals surface area (Å²) >= 11 is 0. The molecular weight excluding hydrogens is 243 g/mol. The van der Waals surface area contributed by atoms with Crippen molar-refractivity contribution < 1.29 is 14.4 Å². The molecule has 0 fully saturated rings. The van der Waals surface area contributed by atoms with Crippen molar-refractivity contribution in [1.29, 1.82) is 5.26 Å². The summed E-state index contributed by atoms with van der Waals surface area (Å²) in [6.07, 6.45) is 0. The van der Waals surface area contributed by atoms with E-state index in [2.05, 4.69) is 4.98 Å². The maximum Gasteiger partial charge on any atom is 0.491 e. The van der Waals surface area contributed by atoms with Crippen LogP contribution in [-0.2, 0) is 11.3 Å². The van der Waals surface area contributed by atoms with Gasteiger partial charge >= 0.3 is 7.12 Å². The Hall–Kier alpha value is -2.36. The van der Waals surface area contributed by atoms with Crippen LogP contribution < -0.4 is 10.2 Å². The second-order valence-electron chi connectivity index (χ2n) is 4.10. The van der Waals surface area contributed by atoms with Crippen molar-refractivity contribution in [2.75, 3.05) is 0 Å². The normalized spacial score (nSPS) is 12.9. The second kappa shape index (κ2) is 4.73. The van der Waals surface area contributed by atoms with E-state index in [-0.39, 0.29) is 0 Å². The van der Waals surface area contributed by atoms with Crippen LogP contribution in [0.1, 0.15) is 11.3 Å². The van der Waals surface area contributed by atoms with E-state index < -0.39 is 7.12 Å². The molecule has 1 aromatic carbocycles. The Morgan fingerprint density at radius 2 is 2.26 bits per heavy atom. The van der Waals surface area contributed by atoms with Gasteiger partial charge in [-0.05, 0) is 29.2 Å². The van der Waals surface area contributed by atoms with Crippen LogP contribution in [0.15, 0.2) is 36.4 Å². The van der Waals surface area contributed by atoms with Crippen molar-refractivity contribution in [3.05, 3.63) is 47.7 Å². The highest BCUT2D eigenvalue weighted by Gasteiger charge is 2.27. The van der Waals surface area contributed by atoms with E-state index in [0.29, 0.717) is 23.9 Å². The molecule has 0 bridgehead atoms. The van der Waals surface area contributed by atoms with Gasteiger partial charge in [0.15, 0.2) is 0 Å². The number of hydrogen-bond acceptors (Lipinski definition) is 5. The molecule has 3 rings (SSSR count). The van der Waals surface area contributed by atoms with Gasteiger partial charge in [0, 0.05) is 6.07 Å². The van der Waals surface area contributed by atoms with Gasteiger partial charge in [-0.1, -0.05) is 12.1 Å². The topological polar surface area (TPSA) is 75.4 Å². The van der Waals surface area contributed by atoms with Gasteiger partial charge in [0.1, 0.15) is 17.5 Å². The molecule has 6 heteroatoms. The van der Waals surface area contributed by atoms with Crippen molar-refractivity contribution in [3.8, 4) is 17.7 Å². The van der Waals surface area contributed by atoms with Crippen LogP contribution in [0.5, 0.6) is 11.6 Å². The molecule has 1 aromatic heterocycles. The second-order valence-corrected chi connectivity index (χ2v) is 4.10. The van der Waals surface area contributed by atoms with Gasteiger partial charge in [-0.15, -0.1) is 0 Å². The third kappa shape index (κ3) is 2.29. The summed E-state index contributed by atoms with van der Waals surface area (Å²) in [5.74, 6) is 0.956.